The second kappa shape index (κ2) is 13.6. The summed E-state index contributed by atoms with van der Waals surface area (Å²) < 4.78 is 0. The van der Waals surface area contributed by atoms with Crippen LogP contribution in [-0.2, 0) is 5.41 Å². The Hall–Kier alpha value is -7.80. The minimum Gasteiger partial charge on any atom is -0.0610 e. The summed E-state index contributed by atoms with van der Waals surface area (Å²) in [7, 11) is 0. The molecule has 0 saturated carbocycles. The summed E-state index contributed by atoms with van der Waals surface area (Å²) in [4.78, 5) is 0. The Morgan fingerprint density at radius 3 is 1.06 bits per heavy atom. The second-order valence-electron chi connectivity index (χ2n) is 18.1. The predicted molar refractivity (Wildman–Crippen MR) is 273 cm³/mol. The Morgan fingerprint density at radius 1 is 0.302 bits per heavy atom. The van der Waals surface area contributed by atoms with Gasteiger partial charge in [-0.3, -0.25) is 0 Å². The van der Waals surface area contributed by atoms with E-state index in [1.807, 2.05) is 0 Å². The summed E-state index contributed by atoms with van der Waals surface area (Å²) in [5.41, 5.74) is 15.2. The van der Waals surface area contributed by atoms with Crippen molar-refractivity contribution in [2.75, 3.05) is 0 Å². The van der Waals surface area contributed by atoms with Crippen LogP contribution in [0.2, 0.25) is 0 Å². The molecule has 0 atom stereocenters. The third-order valence-electron chi connectivity index (χ3n) is 14.2. The smallest absolute Gasteiger partial charge is 0.0159 e. The Bertz CT molecular complexity index is 3550. The predicted octanol–water partition coefficient (Wildman–Crippen LogP) is 17.5. The minimum atomic E-state index is -0.122. The van der Waals surface area contributed by atoms with Crippen LogP contribution < -0.4 is 0 Å². The third-order valence-corrected chi connectivity index (χ3v) is 14.2. The molecule has 0 spiro atoms. The fraction of sp³-hybridized carbons (Fsp3) is 0.0476. The van der Waals surface area contributed by atoms with Gasteiger partial charge in [-0.05, 0) is 144 Å². The Kier molecular flexibility index (Phi) is 7.75. The first kappa shape index (κ1) is 35.9. The average Bonchev–Trinajstić information content (AvgIpc) is 3.56. The molecular weight excluding hydrogens is 757 g/mol. The first-order valence-electron chi connectivity index (χ1n) is 22.1. The molecule has 0 N–H and O–H groups in total. The van der Waals surface area contributed by atoms with Crippen LogP contribution in [0.15, 0.2) is 194 Å². The highest BCUT2D eigenvalue weighted by atomic mass is 14.4. The van der Waals surface area contributed by atoms with E-state index in [9.17, 15) is 0 Å². The van der Waals surface area contributed by atoms with Crippen LogP contribution in [0.4, 0.5) is 0 Å². The molecular formula is C63H42. The van der Waals surface area contributed by atoms with Gasteiger partial charge < -0.3 is 0 Å². The fourth-order valence-corrected chi connectivity index (χ4v) is 10.8. The molecule has 1 aliphatic rings. The zero-order chi connectivity index (χ0) is 41.8. The van der Waals surface area contributed by atoms with E-state index in [1.54, 1.807) is 0 Å². The molecule has 13 rings (SSSR count). The van der Waals surface area contributed by atoms with Crippen LogP contribution in [0.25, 0.3) is 122 Å². The summed E-state index contributed by atoms with van der Waals surface area (Å²) in [5, 5.41) is 15.8. The van der Waals surface area contributed by atoms with Gasteiger partial charge in [0.25, 0.3) is 0 Å². The summed E-state index contributed by atoms with van der Waals surface area (Å²) in [6, 6.07) is 72.5. The molecule has 0 fully saturated rings. The summed E-state index contributed by atoms with van der Waals surface area (Å²) in [6.45, 7) is 4.76. The quantitative estimate of drug-likeness (QED) is 0.116. The highest BCUT2D eigenvalue weighted by molar-refractivity contribution is 6.25. The number of rotatable bonds is 6. The molecule has 0 heteroatoms. The van der Waals surface area contributed by atoms with Crippen LogP contribution in [0.1, 0.15) is 47.2 Å². The first-order valence-corrected chi connectivity index (χ1v) is 22.1. The summed E-state index contributed by atoms with van der Waals surface area (Å²) in [5.74, 6) is 0. The van der Waals surface area contributed by atoms with Gasteiger partial charge >= 0.3 is 0 Å². The standard InChI is InChI=1S/C63H42/c1-63(2)57-37-51(41-15-9-39(10-16-41)13-19-43-21-23-49-27-25-45-5-3-7-47-29-33-53(43)61(49)59(45)47)31-35-55(57)56-36-32-52(38-58(56)63)42-17-11-40(12-18-42)14-20-44-22-24-50-28-26-46-6-4-8-48-30-34-54(44)62(50)60(46)48/h3-38H,1-2H3/b19-13+,20-14+. The van der Waals surface area contributed by atoms with E-state index in [0.29, 0.717) is 0 Å². The van der Waals surface area contributed by atoms with Crippen molar-refractivity contribution < 1.29 is 0 Å². The van der Waals surface area contributed by atoms with Gasteiger partial charge in [0.2, 0.25) is 0 Å². The van der Waals surface area contributed by atoms with Gasteiger partial charge in [-0.1, -0.05) is 220 Å². The topological polar surface area (TPSA) is 0 Å². The van der Waals surface area contributed by atoms with Crippen molar-refractivity contribution in [2.45, 2.75) is 19.3 Å². The Morgan fingerprint density at radius 2 is 0.651 bits per heavy atom. The molecule has 0 nitrogen and oxygen atoms in total. The number of hydrogen-bond acceptors (Lipinski definition) is 0. The van der Waals surface area contributed by atoms with Crippen LogP contribution in [0.5, 0.6) is 0 Å². The molecule has 0 unspecified atom stereocenters. The SMILES string of the molecule is CC1(C)c2cc(-c3ccc(/C=C/c4ccc5ccc6cccc7ccc4c5c67)cc3)ccc2-c2ccc(-c3ccc(/C=C/c4ccc5ccc6cccc7ccc4c5c67)cc3)cc21. The van der Waals surface area contributed by atoms with E-state index >= 15 is 0 Å². The van der Waals surface area contributed by atoms with Crippen molar-refractivity contribution in [2.24, 2.45) is 0 Å². The number of benzene rings is 12. The Balaban J connectivity index is 0.745. The Labute approximate surface area is 367 Å². The molecule has 0 heterocycles. The largest absolute Gasteiger partial charge is 0.0610 e. The number of fused-ring (bicyclic) bond motifs is 3. The van der Waals surface area contributed by atoms with Crippen molar-refractivity contribution in [3.63, 3.8) is 0 Å². The van der Waals surface area contributed by atoms with Gasteiger partial charge in [0.05, 0.1) is 0 Å². The van der Waals surface area contributed by atoms with Crippen molar-refractivity contribution in [3.8, 4) is 33.4 Å². The van der Waals surface area contributed by atoms with E-state index in [2.05, 4.69) is 232 Å². The molecule has 1 aliphatic carbocycles. The lowest BCUT2D eigenvalue weighted by molar-refractivity contribution is 0.661. The molecule has 63 heavy (non-hydrogen) atoms. The highest BCUT2D eigenvalue weighted by Crippen LogP contribution is 2.51. The van der Waals surface area contributed by atoms with Crippen molar-refractivity contribution in [3.05, 3.63) is 228 Å². The van der Waals surface area contributed by atoms with Crippen LogP contribution >= 0.6 is 0 Å². The zero-order valence-corrected chi connectivity index (χ0v) is 35.3. The molecule has 0 aliphatic heterocycles. The van der Waals surface area contributed by atoms with Gasteiger partial charge in [0.1, 0.15) is 0 Å². The second-order valence-corrected chi connectivity index (χ2v) is 18.1. The normalized spacial score (nSPS) is 13.6. The van der Waals surface area contributed by atoms with Gasteiger partial charge in [0.15, 0.2) is 0 Å². The number of hydrogen-bond donors (Lipinski definition) is 0. The third kappa shape index (κ3) is 5.61. The zero-order valence-electron chi connectivity index (χ0n) is 35.3. The lowest BCUT2D eigenvalue weighted by Gasteiger charge is -2.22. The first-order chi connectivity index (χ1) is 30.9. The summed E-state index contributed by atoms with van der Waals surface area (Å²) in [6.07, 6.45) is 9.03. The van der Waals surface area contributed by atoms with Crippen molar-refractivity contribution in [1.82, 2.24) is 0 Å². The molecule has 0 amide bonds. The van der Waals surface area contributed by atoms with E-state index in [0.717, 1.165) is 0 Å². The van der Waals surface area contributed by atoms with Crippen molar-refractivity contribution in [1.29, 1.82) is 0 Å². The molecule has 0 aromatic heterocycles. The van der Waals surface area contributed by atoms with Gasteiger partial charge in [-0.25, -0.2) is 0 Å². The average molecular weight is 799 g/mol. The lowest BCUT2D eigenvalue weighted by atomic mass is 9.81. The van der Waals surface area contributed by atoms with E-state index in [4.69, 9.17) is 0 Å². The van der Waals surface area contributed by atoms with Gasteiger partial charge in [-0.2, -0.15) is 0 Å². The van der Waals surface area contributed by atoms with E-state index < -0.39 is 0 Å². The fourth-order valence-electron chi connectivity index (χ4n) is 10.8. The van der Waals surface area contributed by atoms with E-state index in [1.165, 1.54) is 131 Å². The van der Waals surface area contributed by atoms with E-state index in [-0.39, 0.29) is 5.41 Å². The highest BCUT2D eigenvalue weighted by Gasteiger charge is 2.36. The molecule has 12 aromatic carbocycles. The maximum absolute atomic E-state index is 2.42. The molecule has 294 valence electrons. The van der Waals surface area contributed by atoms with Crippen molar-refractivity contribution >= 4 is 88.9 Å². The monoisotopic (exact) mass is 798 g/mol. The molecule has 12 aromatic rings. The maximum Gasteiger partial charge on any atom is 0.0159 e. The van der Waals surface area contributed by atoms with Gasteiger partial charge in [0, 0.05) is 5.41 Å². The molecule has 0 bridgehead atoms. The van der Waals surface area contributed by atoms with Crippen LogP contribution in [-0.4, -0.2) is 0 Å². The van der Waals surface area contributed by atoms with Gasteiger partial charge in [-0.15, -0.1) is 0 Å². The molecule has 0 radical (unpaired) electrons. The van der Waals surface area contributed by atoms with Crippen LogP contribution in [0.3, 0.4) is 0 Å². The maximum atomic E-state index is 2.42. The minimum absolute atomic E-state index is 0.122. The summed E-state index contributed by atoms with van der Waals surface area (Å²) >= 11 is 0. The van der Waals surface area contributed by atoms with Crippen LogP contribution in [0, 0.1) is 0 Å². The molecule has 0 saturated heterocycles. The lowest BCUT2D eigenvalue weighted by Crippen LogP contribution is -2.15.